The Kier molecular flexibility index (Phi) is 5.34. The van der Waals surface area contributed by atoms with Gasteiger partial charge in [-0.15, -0.1) is 0 Å². The number of benzene rings is 1. The molecule has 3 aromatic rings. The lowest BCUT2D eigenvalue weighted by Crippen LogP contribution is -2.49. The predicted octanol–water partition coefficient (Wildman–Crippen LogP) is 3.72. The van der Waals surface area contributed by atoms with Crippen molar-refractivity contribution < 1.29 is 13.9 Å². The largest absolute Gasteiger partial charge is 0.495 e. The van der Waals surface area contributed by atoms with Crippen molar-refractivity contribution in [2.75, 3.05) is 38.2 Å². The zero-order valence-electron chi connectivity index (χ0n) is 17.2. The van der Waals surface area contributed by atoms with Crippen LogP contribution in [0.15, 0.2) is 53.1 Å². The minimum atomic E-state index is 0.100. The van der Waals surface area contributed by atoms with Gasteiger partial charge in [-0.25, -0.2) is 0 Å². The van der Waals surface area contributed by atoms with Gasteiger partial charge in [-0.05, 0) is 44.2 Å². The van der Waals surface area contributed by atoms with E-state index in [-0.39, 0.29) is 5.91 Å². The highest BCUT2D eigenvalue weighted by atomic mass is 16.5. The van der Waals surface area contributed by atoms with Crippen LogP contribution in [0.2, 0.25) is 0 Å². The number of nitrogens with zero attached hydrogens (tertiary/aromatic N) is 3. The number of para-hydroxylation sites is 2. The van der Waals surface area contributed by atoms with Crippen LogP contribution in [-0.2, 0) is 6.54 Å². The normalized spacial score (nSPS) is 14.3. The van der Waals surface area contributed by atoms with Gasteiger partial charge in [0.05, 0.1) is 31.2 Å². The lowest BCUT2D eigenvalue weighted by Gasteiger charge is -2.36. The Balaban J connectivity index is 1.46. The molecule has 0 aliphatic carbocycles. The van der Waals surface area contributed by atoms with E-state index in [1.165, 1.54) is 0 Å². The number of amides is 1. The molecule has 2 aromatic heterocycles. The highest BCUT2D eigenvalue weighted by Crippen LogP contribution is 2.29. The second-order valence-electron chi connectivity index (χ2n) is 7.40. The van der Waals surface area contributed by atoms with Gasteiger partial charge < -0.3 is 23.5 Å². The fraction of sp³-hybridized carbons (Fsp3) is 0.348. The van der Waals surface area contributed by atoms with Crippen molar-refractivity contribution >= 4 is 11.6 Å². The predicted molar refractivity (Wildman–Crippen MR) is 113 cm³/mol. The van der Waals surface area contributed by atoms with E-state index < -0.39 is 0 Å². The molecule has 152 valence electrons. The fourth-order valence-electron chi connectivity index (χ4n) is 4.03. The number of carbonyl (C=O) groups excluding carboxylic acids is 1. The first kappa shape index (κ1) is 19.2. The Morgan fingerprint density at radius 2 is 1.83 bits per heavy atom. The van der Waals surface area contributed by atoms with Crippen LogP contribution < -0.4 is 9.64 Å². The van der Waals surface area contributed by atoms with Crippen LogP contribution in [-0.4, -0.2) is 48.7 Å². The summed E-state index contributed by atoms with van der Waals surface area (Å²) in [5.41, 5.74) is 3.91. The molecule has 0 bridgehead atoms. The Bertz CT molecular complexity index is 983. The van der Waals surface area contributed by atoms with Crippen molar-refractivity contribution in [3.05, 3.63) is 71.4 Å². The Hall–Kier alpha value is -3.15. The van der Waals surface area contributed by atoms with Crippen molar-refractivity contribution in [3.63, 3.8) is 0 Å². The number of carbonyl (C=O) groups is 1. The Morgan fingerprint density at radius 1 is 1.07 bits per heavy atom. The van der Waals surface area contributed by atoms with E-state index in [0.717, 1.165) is 47.2 Å². The number of methoxy groups -OCH3 is 1. The van der Waals surface area contributed by atoms with Crippen LogP contribution in [0.3, 0.4) is 0 Å². The first-order valence-electron chi connectivity index (χ1n) is 9.95. The van der Waals surface area contributed by atoms with Gasteiger partial charge in [0.15, 0.2) is 0 Å². The summed E-state index contributed by atoms with van der Waals surface area (Å²) in [5.74, 6) is 1.86. The van der Waals surface area contributed by atoms with Crippen molar-refractivity contribution in [2.24, 2.45) is 0 Å². The first-order valence-corrected chi connectivity index (χ1v) is 9.95. The van der Waals surface area contributed by atoms with Gasteiger partial charge in [0.25, 0.3) is 5.91 Å². The Morgan fingerprint density at radius 3 is 2.52 bits per heavy atom. The summed E-state index contributed by atoms with van der Waals surface area (Å²) in [7, 11) is 1.69. The van der Waals surface area contributed by atoms with Gasteiger partial charge in [-0.2, -0.15) is 0 Å². The van der Waals surface area contributed by atoms with Gasteiger partial charge >= 0.3 is 0 Å². The number of aromatic nitrogens is 1. The number of furan rings is 1. The molecule has 1 aromatic carbocycles. The maximum Gasteiger partial charge on any atom is 0.255 e. The molecule has 0 N–H and O–H groups in total. The Labute approximate surface area is 171 Å². The van der Waals surface area contributed by atoms with Gasteiger partial charge in [0.2, 0.25) is 0 Å². The van der Waals surface area contributed by atoms with Gasteiger partial charge in [-0.3, -0.25) is 4.79 Å². The molecule has 3 heterocycles. The van der Waals surface area contributed by atoms with Crippen LogP contribution in [0.25, 0.3) is 0 Å². The fourth-order valence-corrected chi connectivity index (χ4v) is 4.03. The van der Waals surface area contributed by atoms with E-state index in [2.05, 4.69) is 15.5 Å². The van der Waals surface area contributed by atoms with Gasteiger partial charge in [-0.1, -0.05) is 12.1 Å². The second kappa shape index (κ2) is 8.07. The molecule has 1 amide bonds. The molecule has 4 rings (SSSR count). The third-order valence-corrected chi connectivity index (χ3v) is 5.69. The third-order valence-electron chi connectivity index (χ3n) is 5.69. The summed E-state index contributed by atoms with van der Waals surface area (Å²) in [6.07, 6.45) is 1.68. The summed E-state index contributed by atoms with van der Waals surface area (Å²) < 4.78 is 13.1. The maximum absolute atomic E-state index is 13.2. The maximum atomic E-state index is 13.2. The molecule has 0 saturated carbocycles. The molecule has 1 aliphatic rings. The van der Waals surface area contributed by atoms with E-state index in [0.29, 0.717) is 19.6 Å². The van der Waals surface area contributed by atoms with E-state index in [9.17, 15) is 4.79 Å². The van der Waals surface area contributed by atoms with Crippen LogP contribution in [0.1, 0.15) is 27.5 Å². The van der Waals surface area contributed by atoms with Gasteiger partial charge in [0.1, 0.15) is 11.5 Å². The molecular formula is C23H27N3O3. The minimum Gasteiger partial charge on any atom is -0.495 e. The topological polar surface area (TPSA) is 50.9 Å². The van der Waals surface area contributed by atoms with E-state index in [4.69, 9.17) is 9.15 Å². The number of aryl methyl sites for hydroxylation is 1. The molecule has 0 spiro atoms. The quantitative estimate of drug-likeness (QED) is 0.663. The summed E-state index contributed by atoms with van der Waals surface area (Å²) in [6, 6.07) is 13.9. The van der Waals surface area contributed by atoms with Crippen LogP contribution in [0, 0.1) is 13.8 Å². The number of ether oxygens (including phenoxy) is 1. The number of anilines is 1. The molecule has 1 saturated heterocycles. The molecule has 0 unspecified atom stereocenters. The second-order valence-corrected chi connectivity index (χ2v) is 7.40. The van der Waals surface area contributed by atoms with E-state index in [1.54, 1.807) is 13.4 Å². The molecule has 0 radical (unpaired) electrons. The molecule has 0 atom stereocenters. The summed E-state index contributed by atoms with van der Waals surface area (Å²) in [5, 5.41) is 0. The SMILES string of the molecule is COc1ccccc1N1CCN(C(=O)c2cc(C)n(Cc3ccco3)c2C)CC1. The minimum absolute atomic E-state index is 0.100. The average Bonchev–Trinajstić information content (AvgIpc) is 3.37. The van der Waals surface area contributed by atoms with Crippen molar-refractivity contribution in [1.29, 1.82) is 0 Å². The molecule has 1 fully saturated rings. The molecule has 6 nitrogen and oxygen atoms in total. The summed E-state index contributed by atoms with van der Waals surface area (Å²) in [6.45, 7) is 7.64. The number of hydrogen-bond donors (Lipinski definition) is 0. The number of piperazine rings is 1. The number of hydrogen-bond acceptors (Lipinski definition) is 4. The summed E-state index contributed by atoms with van der Waals surface area (Å²) in [4.78, 5) is 17.4. The first-order chi connectivity index (χ1) is 14.1. The zero-order valence-corrected chi connectivity index (χ0v) is 17.2. The van der Waals surface area contributed by atoms with Crippen molar-refractivity contribution in [1.82, 2.24) is 9.47 Å². The van der Waals surface area contributed by atoms with Crippen LogP contribution >= 0.6 is 0 Å². The molecule has 29 heavy (non-hydrogen) atoms. The standard InChI is InChI=1S/C23H27N3O3/c1-17-15-20(18(2)26(17)16-19-7-6-14-29-19)23(27)25-12-10-24(11-13-25)21-8-4-5-9-22(21)28-3/h4-9,14-15H,10-13,16H2,1-3H3. The summed E-state index contributed by atoms with van der Waals surface area (Å²) >= 11 is 0. The smallest absolute Gasteiger partial charge is 0.255 e. The molecule has 1 aliphatic heterocycles. The van der Waals surface area contributed by atoms with E-state index in [1.807, 2.05) is 55.1 Å². The van der Waals surface area contributed by atoms with Gasteiger partial charge in [0, 0.05) is 37.6 Å². The monoisotopic (exact) mass is 393 g/mol. The van der Waals surface area contributed by atoms with Crippen molar-refractivity contribution in [3.8, 4) is 5.75 Å². The highest BCUT2D eigenvalue weighted by Gasteiger charge is 2.26. The molecular weight excluding hydrogens is 366 g/mol. The van der Waals surface area contributed by atoms with Crippen LogP contribution in [0.4, 0.5) is 5.69 Å². The molecule has 6 heteroatoms. The average molecular weight is 393 g/mol. The highest BCUT2D eigenvalue weighted by molar-refractivity contribution is 5.96. The lowest BCUT2D eigenvalue weighted by molar-refractivity contribution is 0.0746. The lowest BCUT2D eigenvalue weighted by atomic mass is 10.1. The van der Waals surface area contributed by atoms with E-state index >= 15 is 0 Å². The third kappa shape index (κ3) is 3.75. The zero-order chi connectivity index (χ0) is 20.4. The van der Waals surface area contributed by atoms with Crippen LogP contribution in [0.5, 0.6) is 5.75 Å². The number of rotatable bonds is 5. The van der Waals surface area contributed by atoms with Crippen molar-refractivity contribution in [2.45, 2.75) is 20.4 Å².